The zero-order valence-corrected chi connectivity index (χ0v) is 8.53. The second-order valence-electron chi connectivity index (χ2n) is 3.43. The molecule has 0 spiro atoms. The number of carbonyl (C=O) groups is 1. The van der Waals surface area contributed by atoms with Crippen molar-refractivity contribution in [1.82, 2.24) is 5.32 Å². The number of benzene rings is 1. The van der Waals surface area contributed by atoms with Gasteiger partial charge >= 0.3 is 6.09 Å². The molecule has 1 aliphatic rings. The molecule has 4 nitrogen and oxygen atoms in total. The second-order valence-corrected chi connectivity index (χ2v) is 3.43. The van der Waals surface area contributed by atoms with Crippen molar-refractivity contribution in [2.45, 2.75) is 12.6 Å². The summed E-state index contributed by atoms with van der Waals surface area (Å²) in [6.07, 6.45) is -0.354. The Bertz CT molecular complexity index is 365. The van der Waals surface area contributed by atoms with E-state index in [1.165, 1.54) is 0 Å². The van der Waals surface area contributed by atoms with E-state index in [1.807, 2.05) is 24.3 Å². The van der Waals surface area contributed by atoms with E-state index in [2.05, 4.69) is 5.32 Å². The van der Waals surface area contributed by atoms with Gasteiger partial charge < -0.3 is 14.8 Å². The zero-order chi connectivity index (χ0) is 10.7. The molecule has 0 aliphatic carbocycles. The first-order chi connectivity index (χ1) is 7.31. The monoisotopic (exact) mass is 207 g/mol. The van der Waals surface area contributed by atoms with Crippen LogP contribution >= 0.6 is 0 Å². The lowest BCUT2D eigenvalue weighted by molar-refractivity contribution is 0.176. The minimum absolute atomic E-state index is 0.0520. The topological polar surface area (TPSA) is 47.6 Å². The average molecular weight is 207 g/mol. The quantitative estimate of drug-likeness (QED) is 0.819. The van der Waals surface area contributed by atoms with Crippen LogP contribution in [-0.2, 0) is 16.1 Å². The molecule has 1 fully saturated rings. The average Bonchev–Trinajstić information content (AvgIpc) is 2.66. The number of cyclic esters (lactones) is 1. The lowest BCUT2D eigenvalue weighted by Gasteiger charge is -2.12. The van der Waals surface area contributed by atoms with Gasteiger partial charge in [-0.25, -0.2) is 4.79 Å². The van der Waals surface area contributed by atoms with Gasteiger partial charge in [0.05, 0.1) is 12.6 Å². The summed E-state index contributed by atoms with van der Waals surface area (Å²) in [6, 6.07) is 7.81. The molecular weight excluding hydrogens is 194 g/mol. The van der Waals surface area contributed by atoms with Crippen molar-refractivity contribution in [1.29, 1.82) is 0 Å². The number of hydrogen-bond acceptors (Lipinski definition) is 3. The molecule has 1 aromatic carbocycles. The Morgan fingerprint density at radius 2 is 2.33 bits per heavy atom. The van der Waals surface area contributed by atoms with Crippen LogP contribution in [0.2, 0.25) is 0 Å². The van der Waals surface area contributed by atoms with Gasteiger partial charge in [0, 0.05) is 7.11 Å². The highest BCUT2D eigenvalue weighted by atomic mass is 16.6. The fourth-order valence-corrected chi connectivity index (χ4v) is 1.71. The molecule has 0 bridgehead atoms. The highest BCUT2D eigenvalue weighted by molar-refractivity contribution is 5.70. The molecule has 15 heavy (non-hydrogen) atoms. The standard InChI is InChI=1S/C11H13NO3/c1-14-6-8-4-2-3-5-9(8)10-7-15-11(13)12-10/h2-5,10H,6-7H2,1H3,(H,12,13). The van der Waals surface area contributed by atoms with Crippen molar-refractivity contribution in [2.24, 2.45) is 0 Å². The van der Waals surface area contributed by atoms with Gasteiger partial charge in [0.1, 0.15) is 6.61 Å². The van der Waals surface area contributed by atoms with Crippen LogP contribution in [0.4, 0.5) is 4.79 Å². The van der Waals surface area contributed by atoms with Gasteiger partial charge in [-0.2, -0.15) is 0 Å². The van der Waals surface area contributed by atoms with E-state index >= 15 is 0 Å². The number of ether oxygens (including phenoxy) is 2. The van der Waals surface area contributed by atoms with Crippen LogP contribution in [0.5, 0.6) is 0 Å². The van der Waals surface area contributed by atoms with Crippen LogP contribution in [0.3, 0.4) is 0 Å². The maximum Gasteiger partial charge on any atom is 0.407 e. The molecule has 0 radical (unpaired) electrons. The molecule has 1 heterocycles. The summed E-state index contributed by atoms with van der Waals surface area (Å²) >= 11 is 0. The predicted molar refractivity (Wildman–Crippen MR) is 54.4 cm³/mol. The van der Waals surface area contributed by atoms with Crippen LogP contribution in [0.15, 0.2) is 24.3 Å². The van der Waals surface area contributed by atoms with Crippen molar-refractivity contribution < 1.29 is 14.3 Å². The van der Waals surface area contributed by atoms with Gasteiger partial charge in [-0.3, -0.25) is 0 Å². The molecule has 4 heteroatoms. The first-order valence-corrected chi connectivity index (χ1v) is 4.81. The molecule has 1 aliphatic heterocycles. The first kappa shape index (κ1) is 9.98. The number of alkyl carbamates (subject to hydrolysis) is 1. The molecular formula is C11H13NO3. The number of hydrogen-bond donors (Lipinski definition) is 1. The number of amides is 1. The lowest BCUT2D eigenvalue weighted by atomic mass is 10.0. The maximum absolute atomic E-state index is 10.9. The van der Waals surface area contributed by atoms with Crippen LogP contribution in [0.1, 0.15) is 17.2 Å². The van der Waals surface area contributed by atoms with Crippen LogP contribution in [0.25, 0.3) is 0 Å². The summed E-state index contributed by atoms with van der Waals surface area (Å²) in [4.78, 5) is 10.9. The Balaban J connectivity index is 2.22. The second kappa shape index (κ2) is 4.31. The Labute approximate surface area is 88.2 Å². The predicted octanol–water partition coefficient (Wildman–Crippen LogP) is 1.61. The summed E-state index contributed by atoms with van der Waals surface area (Å²) < 4.78 is 9.96. The largest absolute Gasteiger partial charge is 0.447 e. The summed E-state index contributed by atoms with van der Waals surface area (Å²) in [5.74, 6) is 0. The third-order valence-corrected chi connectivity index (χ3v) is 2.40. The Morgan fingerprint density at radius 3 is 3.00 bits per heavy atom. The van der Waals surface area contributed by atoms with E-state index in [9.17, 15) is 4.79 Å². The van der Waals surface area contributed by atoms with E-state index in [1.54, 1.807) is 7.11 Å². The summed E-state index contributed by atoms with van der Waals surface area (Å²) in [5.41, 5.74) is 2.14. The minimum atomic E-state index is -0.354. The van der Waals surface area contributed by atoms with Gasteiger partial charge in [-0.1, -0.05) is 24.3 Å². The molecule has 1 saturated heterocycles. The van der Waals surface area contributed by atoms with Gasteiger partial charge in [0.15, 0.2) is 0 Å². The van der Waals surface area contributed by atoms with Crippen LogP contribution < -0.4 is 5.32 Å². The molecule has 80 valence electrons. The van der Waals surface area contributed by atoms with Crippen molar-refractivity contribution >= 4 is 6.09 Å². The zero-order valence-electron chi connectivity index (χ0n) is 8.53. The molecule has 0 saturated carbocycles. The van der Waals surface area contributed by atoms with Gasteiger partial charge in [-0.15, -0.1) is 0 Å². The number of carbonyl (C=O) groups excluding carboxylic acids is 1. The number of methoxy groups -OCH3 is 1. The van der Waals surface area contributed by atoms with E-state index in [0.29, 0.717) is 13.2 Å². The van der Waals surface area contributed by atoms with E-state index in [0.717, 1.165) is 11.1 Å². The highest BCUT2D eigenvalue weighted by Crippen LogP contribution is 2.22. The number of rotatable bonds is 3. The third kappa shape index (κ3) is 2.10. The molecule has 1 N–H and O–H groups in total. The normalized spacial score (nSPS) is 19.8. The van der Waals surface area contributed by atoms with Crippen molar-refractivity contribution in [3.8, 4) is 0 Å². The van der Waals surface area contributed by atoms with Gasteiger partial charge in [-0.05, 0) is 11.1 Å². The van der Waals surface area contributed by atoms with Crippen molar-refractivity contribution in [2.75, 3.05) is 13.7 Å². The Hall–Kier alpha value is -1.55. The van der Waals surface area contributed by atoms with Gasteiger partial charge in [0.25, 0.3) is 0 Å². The highest BCUT2D eigenvalue weighted by Gasteiger charge is 2.25. The maximum atomic E-state index is 10.9. The van der Waals surface area contributed by atoms with Crippen molar-refractivity contribution in [3.05, 3.63) is 35.4 Å². The van der Waals surface area contributed by atoms with Crippen LogP contribution in [0, 0.1) is 0 Å². The van der Waals surface area contributed by atoms with Crippen LogP contribution in [-0.4, -0.2) is 19.8 Å². The fourth-order valence-electron chi connectivity index (χ4n) is 1.71. The van der Waals surface area contributed by atoms with Gasteiger partial charge in [0.2, 0.25) is 0 Å². The lowest BCUT2D eigenvalue weighted by Crippen LogP contribution is -2.19. The molecule has 2 rings (SSSR count). The Kier molecular flexibility index (Phi) is 2.87. The summed E-state index contributed by atoms with van der Waals surface area (Å²) in [7, 11) is 1.65. The molecule has 1 amide bonds. The van der Waals surface area contributed by atoms with Crippen molar-refractivity contribution in [3.63, 3.8) is 0 Å². The number of nitrogens with one attached hydrogen (secondary N) is 1. The summed E-state index contributed by atoms with van der Waals surface area (Å²) in [6.45, 7) is 0.933. The molecule has 1 unspecified atom stereocenters. The smallest absolute Gasteiger partial charge is 0.407 e. The third-order valence-electron chi connectivity index (χ3n) is 2.40. The molecule has 0 aromatic heterocycles. The first-order valence-electron chi connectivity index (χ1n) is 4.81. The van der Waals surface area contributed by atoms with E-state index < -0.39 is 0 Å². The summed E-state index contributed by atoms with van der Waals surface area (Å²) in [5, 5.41) is 2.75. The van der Waals surface area contributed by atoms with E-state index in [-0.39, 0.29) is 12.1 Å². The Morgan fingerprint density at radius 1 is 1.53 bits per heavy atom. The molecule has 1 atom stereocenters. The SMILES string of the molecule is COCc1ccccc1C1COC(=O)N1. The molecule has 1 aromatic rings. The minimum Gasteiger partial charge on any atom is -0.447 e. The van der Waals surface area contributed by atoms with E-state index in [4.69, 9.17) is 9.47 Å². The fraction of sp³-hybridized carbons (Fsp3) is 0.364.